The summed E-state index contributed by atoms with van der Waals surface area (Å²) in [6.45, 7) is 8.87. The summed E-state index contributed by atoms with van der Waals surface area (Å²) in [4.78, 5) is 11.8. The number of rotatable bonds is 3. The van der Waals surface area contributed by atoms with Gasteiger partial charge in [-0.05, 0) is 22.4 Å². The molecule has 0 aliphatic heterocycles. The maximum atomic E-state index is 11.8. The number of nitrogen functional groups attached to an aromatic ring is 1. The summed E-state index contributed by atoms with van der Waals surface area (Å²) in [5, 5.41) is 6.77. The molecule has 2 rings (SSSR count). The van der Waals surface area contributed by atoms with Crippen LogP contribution in [0, 0.1) is 10.8 Å². The number of hydrogen-bond donors (Lipinski definition) is 3. The zero-order valence-corrected chi connectivity index (χ0v) is 12.2. The molecule has 1 fully saturated rings. The van der Waals surface area contributed by atoms with Crippen LogP contribution in [0.2, 0.25) is 0 Å². The maximum Gasteiger partial charge on any atom is 0.257 e. The topological polar surface area (TPSA) is 80.0 Å². The van der Waals surface area contributed by atoms with E-state index in [9.17, 15) is 4.79 Å². The second kappa shape index (κ2) is 3.85. The van der Waals surface area contributed by atoms with Crippen LogP contribution in [-0.2, 0) is 0 Å². The van der Waals surface area contributed by atoms with Crippen LogP contribution in [0.5, 0.6) is 0 Å². The molecule has 1 aliphatic rings. The Kier molecular flexibility index (Phi) is 2.81. The van der Waals surface area contributed by atoms with Gasteiger partial charge in [0.2, 0.25) is 0 Å². The summed E-state index contributed by atoms with van der Waals surface area (Å²) < 4.78 is 4.06. The van der Waals surface area contributed by atoms with Crippen molar-refractivity contribution in [2.45, 2.75) is 33.7 Å². The molecular weight excluding hydrogens is 248 g/mol. The number of carbonyl (C=O) groups excluding carboxylic acids is 1. The molecule has 1 aromatic rings. The summed E-state index contributed by atoms with van der Waals surface area (Å²) in [5.41, 5.74) is 6.61. The van der Waals surface area contributed by atoms with Crippen LogP contribution in [0.1, 0.15) is 38.1 Å². The first-order valence-corrected chi connectivity index (χ1v) is 6.74. The molecule has 0 saturated heterocycles. The van der Waals surface area contributed by atoms with E-state index in [0.717, 1.165) is 5.00 Å². The Hall–Kier alpha value is -1.30. The van der Waals surface area contributed by atoms with E-state index < -0.39 is 0 Å². The van der Waals surface area contributed by atoms with E-state index in [1.807, 2.05) is 0 Å². The molecular formula is C12H20N4OS. The molecule has 0 unspecified atom stereocenters. The van der Waals surface area contributed by atoms with Gasteiger partial charge in [0.25, 0.3) is 5.91 Å². The van der Waals surface area contributed by atoms with Crippen LogP contribution in [-0.4, -0.2) is 23.4 Å². The zero-order chi connectivity index (χ0) is 13.7. The van der Waals surface area contributed by atoms with Crippen LogP contribution in [0.3, 0.4) is 0 Å². The molecule has 1 saturated carbocycles. The standard InChI is InChI=1S/C12H20N4OS/c1-11(2)10(12(11,3)4)15-9-6(8(17)14-5)7(13)16-18-9/h10,15H,1-5H3,(H2,13,16)(H,14,17). The van der Waals surface area contributed by atoms with Crippen molar-refractivity contribution in [3.05, 3.63) is 5.56 Å². The van der Waals surface area contributed by atoms with Crippen molar-refractivity contribution in [2.24, 2.45) is 10.8 Å². The fourth-order valence-electron chi connectivity index (χ4n) is 2.43. The van der Waals surface area contributed by atoms with Gasteiger partial charge in [-0.3, -0.25) is 4.79 Å². The molecule has 0 atom stereocenters. The van der Waals surface area contributed by atoms with Gasteiger partial charge in [0, 0.05) is 13.1 Å². The monoisotopic (exact) mass is 268 g/mol. The van der Waals surface area contributed by atoms with E-state index >= 15 is 0 Å². The number of carbonyl (C=O) groups is 1. The molecule has 1 aromatic heterocycles. The molecule has 18 heavy (non-hydrogen) atoms. The Labute approximate surface area is 111 Å². The Morgan fingerprint density at radius 2 is 1.89 bits per heavy atom. The van der Waals surface area contributed by atoms with Gasteiger partial charge in [0.1, 0.15) is 10.6 Å². The molecule has 5 nitrogen and oxygen atoms in total. The Balaban J connectivity index is 2.25. The normalized spacial score (nSPS) is 20.5. The SMILES string of the molecule is CNC(=O)c1c(N)nsc1NC1C(C)(C)C1(C)C. The Morgan fingerprint density at radius 1 is 1.33 bits per heavy atom. The van der Waals surface area contributed by atoms with Gasteiger partial charge in [-0.2, -0.15) is 4.37 Å². The van der Waals surface area contributed by atoms with E-state index in [-0.39, 0.29) is 22.6 Å². The number of aromatic nitrogens is 1. The minimum atomic E-state index is -0.194. The van der Waals surface area contributed by atoms with Gasteiger partial charge >= 0.3 is 0 Å². The highest BCUT2D eigenvalue weighted by Gasteiger charge is 2.65. The first-order chi connectivity index (χ1) is 8.23. The van der Waals surface area contributed by atoms with Crippen molar-refractivity contribution >= 4 is 28.3 Å². The van der Waals surface area contributed by atoms with Crippen molar-refractivity contribution in [3.63, 3.8) is 0 Å². The highest BCUT2D eigenvalue weighted by molar-refractivity contribution is 7.11. The van der Waals surface area contributed by atoms with Crippen LogP contribution < -0.4 is 16.4 Å². The number of nitrogens with two attached hydrogens (primary N) is 1. The van der Waals surface area contributed by atoms with E-state index in [1.165, 1.54) is 11.5 Å². The highest BCUT2D eigenvalue weighted by Crippen LogP contribution is 2.64. The van der Waals surface area contributed by atoms with Gasteiger partial charge < -0.3 is 16.4 Å². The first-order valence-electron chi connectivity index (χ1n) is 5.97. The minimum Gasteiger partial charge on any atom is -0.382 e. The minimum absolute atomic E-state index is 0.194. The number of anilines is 2. The first kappa shape index (κ1) is 13.1. The third-order valence-electron chi connectivity index (χ3n) is 4.47. The lowest BCUT2D eigenvalue weighted by molar-refractivity contribution is 0.0965. The number of hydrogen-bond acceptors (Lipinski definition) is 5. The van der Waals surface area contributed by atoms with Crippen LogP contribution in [0.25, 0.3) is 0 Å². The molecule has 100 valence electrons. The second-order valence-electron chi connectivity index (χ2n) is 5.87. The van der Waals surface area contributed by atoms with Crippen molar-refractivity contribution in [3.8, 4) is 0 Å². The lowest BCUT2D eigenvalue weighted by Gasteiger charge is -2.07. The smallest absolute Gasteiger partial charge is 0.257 e. The summed E-state index contributed by atoms with van der Waals surface area (Å²) in [6, 6.07) is 0.327. The van der Waals surface area contributed by atoms with Gasteiger partial charge in [-0.15, -0.1) is 0 Å². The molecule has 0 radical (unpaired) electrons. The number of nitrogens with one attached hydrogen (secondary N) is 2. The van der Waals surface area contributed by atoms with E-state index in [1.54, 1.807) is 7.05 Å². The summed E-state index contributed by atoms with van der Waals surface area (Å²) in [7, 11) is 1.59. The van der Waals surface area contributed by atoms with Gasteiger partial charge in [-0.1, -0.05) is 27.7 Å². The number of nitrogens with zero attached hydrogens (tertiary/aromatic N) is 1. The van der Waals surface area contributed by atoms with Gasteiger partial charge in [0.05, 0.1) is 0 Å². The largest absolute Gasteiger partial charge is 0.382 e. The molecule has 1 amide bonds. The molecule has 0 bridgehead atoms. The predicted octanol–water partition coefficient (Wildman–Crippen LogP) is 1.93. The summed E-state index contributed by atoms with van der Waals surface area (Å²) >= 11 is 1.24. The fourth-order valence-corrected chi connectivity index (χ4v) is 3.17. The Bertz CT molecular complexity index is 478. The van der Waals surface area contributed by atoms with Crippen LogP contribution >= 0.6 is 11.5 Å². The highest BCUT2D eigenvalue weighted by atomic mass is 32.1. The maximum absolute atomic E-state index is 11.8. The van der Waals surface area contributed by atoms with Crippen molar-refractivity contribution in [1.29, 1.82) is 0 Å². The van der Waals surface area contributed by atoms with Crippen LogP contribution in [0.15, 0.2) is 0 Å². The molecule has 0 spiro atoms. The molecule has 1 heterocycles. The van der Waals surface area contributed by atoms with E-state index in [0.29, 0.717) is 11.6 Å². The third-order valence-corrected chi connectivity index (χ3v) is 5.26. The second-order valence-corrected chi connectivity index (χ2v) is 6.65. The quantitative estimate of drug-likeness (QED) is 0.782. The average Bonchev–Trinajstić information content (AvgIpc) is 2.62. The molecule has 6 heteroatoms. The molecule has 4 N–H and O–H groups in total. The summed E-state index contributed by atoms with van der Waals surface area (Å²) in [6.07, 6.45) is 0. The fraction of sp³-hybridized carbons (Fsp3) is 0.667. The zero-order valence-electron chi connectivity index (χ0n) is 11.4. The molecule has 0 aromatic carbocycles. The van der Waals surface area contributed by atoms with Gasteiger partial charge in [0.15, 0.2) is 5.82 Å². The Morgan fingerprint density at radius 3 is 2.33 bits per heavy atom. The van der Waals surface area contributed by atoms with Crippen molar-refractivity contribution < 1.29 is 4.79 Å². The lowest BCUT2D eigenvalue weighted by atomic mass is 10.0. The molecule has 1 aliphatic carbocycles. The van der Waals surface area contributed by atoms with Gasteiger partial charge in [-0.25, -0.2) is 0 Å². The van der Waals surface area contributed by atoms with Crippen molar-refractivity contribution in [2.75, 3.05) is 18.1 Å². The number of amides is 1. The summed E-state index contributed by atoms with van der Waals surface area (Å²) in [5.74, 6) is 0.0955. The van der Waals surface area contributed by atoms with Crippen LogP contribution in [0.4, 0.5) is 10.8 Å². The average molecular weight is 268 g/mol. The lowest BCUT2D eigenvalue weighted by Crippen LogP contribution is -2.21. The van der Waals surface area contributed by atoms with E-state index in [4.69, 9.17) is 5.73 Å². The van der Waals surface area contributed by atoms with Crippen molar-refractivity contribution in [1.82, 2.24) is 9.69 Å². The van der Waals surface area contributed by atoms with E-state index in [2.05, 4.69) is 42.7 Å². The third kappa shape index (κ3) is 1.67. The predicted molar refractivity (Wildman–Crippen MR) is 74.9 cm³/mol.